The molecule has 2 amide bonds. The molecule has 1 aliphatic heterocycles. The Morgan fingerprint density at radius 1 is 1.32 bits per heavy atom. The third-order valence-electron chi connectivity index (χ3n) is 6.12. The molecule has 0 spiro atoms. The molecule has 1 aliphatic carbocycles. The predicted molar refractivity (Wildman–Crippen MR) is 119 cm³/mol. The Kier molecular flexibility index (Phi) is 6.25. The molecule has 2 heterocycles. The van der Waals surface area contributed by atoms with E-state index in [9.17, 15) is 14.0 Å². The fourth-order valence-corrected chi connectivity index (χ4v) is 4.32. The van der Waals surface area contributed by atoms with Gasteiger partial charge in [0.05, 0.1) is 12.2 Å². The largest absolute Gasteiger partial charge is 0.351 e. The normalized spacial score (nSPS) is 22.8. The van der Waals surface area contributed by atoms with Crippen molar-refractivity contribution in [1.29, 1.82) is 0 Å². The lowest BCUT2D eigenvalue weighted by atomic mass is 9.90. The van der Waals surface area contributed by atoms with Crippen LogP contribution in [0.25, 0.3) is 0 Å². The zero-order valence-electron chi connectivity index (χ0n) is 19.0. The van der Waals surface area contributed by atoms with Crippen LogP contribution in [0, 0.1) is 0 Å². The Labute approximate surface area is 183 Å². The molecule has 1 N–H and O–H groups in total. The zero-order valence-corrected chi connectivity index (χ0v) is 19.0. The number of carbonyl (C=O) groups excluding carboxylic acids is 2. The maximum atomic E-state index is 13.7. The van der Waals surface area contributed by atoms with E-state index in [2.05, 4.69) is 23.6 Å². The van der Waals surface area contributed by atoms with Crippen LogP contribution in [0.15, 0.2) is 42.9 Å². The first-order chi connectivity index (χ1) is 14.5. The molecule has 0 saturated heterocycles. The van der Waals surface area contributed by atoms with Gasteiger partial charge in [-0.25, -0.2) is 4.39 Å². The minimum absolute atomic E-state index is 0.0754. The van der Waals surface area contributed by atoms with E-state index in [-0.39, 0.29) is 29.6 Å². The molecule has 0 radical (unpaired) electrons. The fraction of sp³-hybridized carbons (Fsp3) is 0.542. The molecule has 1 aromatic heterocycles. The lowest BCUT2D eigenvalue weighted by Gasteiger charge is -2.44. The summed E-state index contributed by atoms with van der Waals surface area (Å²) in [5.41, 5.74) is -0.237. The number of rotatable bonds is 5. The van der Waals surface area contributed by atoms with Crippen molar-refractivity contribution in [2.45, 2.75) is 83.3 Å². The molecule has 1 atom stereocenters. The molecule has 3 rings (SSSR count). The second kappa shape index (κ2) is 8.44. The van der Waals surface area contributed by atoms with Crippen LogP contribution in [-0.2, 0) is 16.8 Å². The van der Waals surface area contributed by atoms with Crippen LogP contribution in [0.2, 0.25) is 0 Å². The summed E-state index contributed by atoms with van der Waals surface area (Å²) >= 11 is 0. The van der Waals surface area contributed by atoms with Gasteiger partial charge in [-0.15, -0.1) is 0 Å². The van der Waals surface area contributed by atoms with Crippen molar-refractivity contribution in [3.63, 3.8) is 0 Å². The van der Waals surface area contributed by atoms with Crippen molar-refractivity contribution in [3.05, 3.63) is 54.3 Å². The molecule has 1 aromatic rings. The van der Waals surface area contributed by atoms with Gasteiger partial charge in [-0.2, -0.15) is 5.10 Å². The maximum Gasteiger partial charge on any atom is 0.277 e. The summed E-state index contributed by atoms with van der Waals surface area (Å²) in [6, 6.07) is 1.82. The molecule has 168 valence electrons. The van der Waals surface area contributed by atoms with Crippen LogP contribution in [-0.4, -0.2) is 38.1 Å². The van der Waals surface area contributed by atoms with E-state index >= 15 is 0 Å². The van der Waals surface area contributed by atoms with Crippen molar-refractivity contribution >= 4 is 11.8 Å². The molecule has 6 nitrogen and oxygen atoms in total. The molecule has 31 heavy (non-hydrogen) atoms. The Morgan fingerprint density at radius 3 is 2.52 bits per heavy atom. The molecule has 7 heteroatoms. The smallest absolute Gasteiger partial charge is 0.277 e. The number of hydrogen-bond donors (Lipinski definition) is 1. The highest BCUT2D eigenvalue weighted by atomic mass is 19.1. The summed E-state index contributed by atoms with van der Waals surface area (Å²) in [5.74, 6) is -1.40. The van der Waals surface area contributed by atoms with Crippen molar-refractivity contribution < 1.29 is 14.0 Å². The van der Waals surface area contributed by atoms with Crippen LogP contribution < -0.4 is 5.32 Å². The zero-order chi connectivity index (χ0) is 23.0. The van der Waals surface area contributed by atoms with Crippen LogP contribution in [0.4, 0.5) is 4.39 Å². The Hall–Kier alpha value is -2.70. The van der Waals surface area contributed by atoms with Crippen LogP contribution in [0.3, 0.4) is 0 Å². The first-order valence-electron chi connectivity index (χ1n) is 10.9. The fourth-order valence-electron chi connectivity index (χ4n) is 4.32. The van der Waals surface area contributed by atoms with Crippen LogP contribution in [0.5, 0.6) is 0 Å². The Balaban J connectivity index is 2.07. The Morgan fingerprint density at radius 2 is 1.97 bits per heavy atom. The summed E-state index contributed by atoms with van der Waals surface area (Å²) in [4.78, 5) is 28.5. The number of fused-ring (bicyclic) bond motifs is 1. The number of nitrogens with zero attached hydrogens (tertiary/aromatic N) is 3. The lowest BCUT2D eigenvalue weighted by Crippen LogP contribution is -2.64. The number of nitrogens with one attached hydrogen (secondary N) is 1. The van der Waals surface area contributed by atoms with E-state index in [0.29, 0.717) is 5.69 Å². The second-order valence-electron chi connectivity index (χ2n) is 9.77. The summed E-state index contributed by atoms with van der Waals surface area (Å²) in [6.07, 6.45) is 7.66. The van der Waals surface area contributed by atoms with Gasteiger partial charge in [0, 0.05) is 17.2 Å². The van der Waals surface area contributed by atoms with Crippen molar-refractivity contribution in [2.75, 3.05) is 0 Å². The third kappa shape index (κ3) is 4.50. The van der Waals surface area contributed by atoms with Crippen molar-refractivity contribution in [2.24, 2.45) is 0 Å². The number of carbonyl (C=O) groups is 2. The molecule has 0 bridgehead atoms. The SMILES string of the molecule is C=C/C(=C\C(=C)F)N1C(=O)c2cc(C(C)(C)C)nn2CC1(C)C(=O)NC1CCCCC1. The summed E-state index contributed by atoms with van der Waals surface area (Å²) in [6.45, 7) is 14.9. The summed E-state index contributed by atoms with van der Waals surface area (Å²) in [5, 5.41) is 7.76. The topological polar surface area (TPSA) is 67.2 Å². The molecule has 1 fully saturated rings. The van der Waals surface area contributed by atoms with Crippen molar-refractivity contribution in [1.82, 2.24) is 20.0 Å². The minimum atomic E-state index is -1.29. The molecule has 1 unspecified atom stereocenters. The molecule has 2 aliphatic rings. The van der Waals surface area contributed by atoms with Gasteiger partial charge < -0.3 is 5.32 Å². The number of aromatic nitrogens is 2. The molecular weight excluding hydrogens is 395 g/mol. The highest BCUT2D eigenvalue weighted by molar-refractivity contribution is 6.01. The lowest BCUT2D eigenvalue weighted by molar-refractivity contribution is -0.132. The standard InChI is InChI=1S/C24H33FN4O2/c1-7-18(13-16(2)25)29-21(30)19-14-20(23(3,4)5)27-28(19)15-24(29,6)22(31)26-17-11-9-8-10-12-17/h7,13-14,17H,1-2,8-12,15H2,3-6H3,(H,26,31)/b18-13+. The first-order valence-corrected chi connectivity index (χ1v) is 10.9. The van der Waals surface area contributed by atoms with Gasteiger partial charge in [0.2, 0.25) is 5.91 Å². The van der Waals surface area contributed by atoms with Gasteiger partial charge in [-0.3, -0.25) is 19.2 Å². The molecule has 1 saturated carbocycles. The van der Waals surface area contributed by atoms with E-state index in [1.165, 1.54) is 17.4 Å². The van der Waals surface area contributed by atoms with Crippen molar-refractivity contribution in [3.8, 4) is 0 Å². The van der Waals surface area contributed by atoms with E-state index in [0.717, 1.165) is 37.5 Å². The first kappa shape index (κ1) is 23.0. The molecular formula is C24H33FN4O2. The monoisotopic (exact) mass is 428 g/mol. The summed E-state index contributed by atoms with van der Waals surface area (Å²) < 4.78 is 15.3. The average Bonchev–Trinajstić information content (AvgIpc) is 3.12. The van der Waals surface area contributed by atoms with Crippen LogP contribution in [0.1, 0.15) is 76.0 Å². The van der Waals surface area contributed by atoms with E-state index in [4.69, 9.17) is 0 Å². The van der Waals surface area contributed by atoms with Gasteiger partial charge >= 0.3 is 0 Å². The van der Waals surface area contributed by atoms with E-state index in [1.54, 1.807) is 17.7 Å². The van der Waals surface area contributed by atoms with Gasteiger partial charge in [0.1, 0.15) is 17.1 Å². The number of amides is 2. The van der Waals surface area contributed by atoms with E-state index < -0.39 is 17.3 Å². The Bertz CT molecular complexity index is 934. The third-order valence-corrected chi connectivity index (χ3v) is 6.12. The number of hydrogen-bond acceptors (Lipinski definition) is 3. The number of allylic oxidation sites excluding steroid dienone is 3. The quantitative estimate of drug-likeness (QED) is 0.707. The molecule has 0 aromatic carbocycles. The van der Waals surface area contributed by atoms with Gasteiger partial charge in [-0.1, -0.05) is 53.2 Å². The number of halogens is 1. The highest BCUT2D eigenvalue weighted by Gasteiger charge is 2.49. The van der Waals surface area contributed by atoms with E-state index in [1.807, 2.05) is 20.8 Å². The second-order valence-corrected chi connectivity index (χ2v) is 9.77. The van der Waals surface area contributed by atoms with Gasteiger partial charge in [-0.05, 0) is 38.0 Å². The van der Waals surface area contributed by atoms with Crippen LogP contribution >= 0.6 is 0 Å². The summed E-state index contributed by atoms with van der Waals surface area (Å²) in [7, 11) is 0. The highest BCUT2D eigenvalue weighted by Crippen LogP contribution is 2.34. The minimum Gasteiger partial charge on any atom is -0.351 e. The van der Waals surface area contributed by atoms with Gasteiger partial charge in [0.15, 0.2) is 0 Å². The maximum absolute atomic E-state index is 13.7. The average molecular weight is 429 g/mol. The predicted octanol–water partition coefficient (Wildman–Crippen LogP) is 4.40. The van der Waals surface area contributed by atoms with Gasteiger partial charge in [0.25, 0.3) is 5.91 Å².